The number of benzene rings is 1. The van der Waals surface area contributed by atoms with Gasteiger partial charge in [0.1, 0.15) is 10.9 Å². The predicted octanol–water partition coefficient (Wildman–Crippen LogP) is 3.17. The quantitative estimate of drug-likeness (QED) is 0.660. The Morgan fingerprint density at radius 2 is 1.88 bits per heavy atom. The molecule has 2 aromatic rings. The van der Waals surface area contributed by atoms with Crippen LogP contribution in [0.25, 0.3) is 0 Å². The maximum atomic E-state index is 7.27. The number of halogens is 1. The number of amidine groups is 1. The maximum absolute atomic E-state index is 7.27. The smallest absolute Gasteiger partial charge is 0.124 e. The molecular weight excluding hydrogens is 254 g/mol. The summed E-state index contributed by atoms with van der Waals surface area (Å²) in [6, 6.07) is 11.2. The molecule has 2 rings (SSSR count). The van der Waals surface area contributed by atoms with Gasteiger partial charge in [-0.3, -0.25) is 5.41 Å². The number of nitrogens with two attached hydrogens (primary N) is 1. The Kier molecular flexibility index (Phi) is 3.66. The van der Waals surface area contributed by atoms with Crippen molar-refractivity contribution in [2.24, 2.45) is 5.73 Å². The first-order valence-corrected chi connectivity index (χ1v) is 6.08. The van der Waals surface area contributed by atoms with E-state index in [2.05, 4.69) is 4.98 Å². The molecule has 0 bridgehead atoms. The SMILES string of the molecule is N=C(N)c1ccc(Sc2ccc(Cl)cc2)nc1. The fourth-order valence-corrected chi connectivity index (χ4v) is 2.10. The van der Waals surface area contributed by atoms with Gasteiger partial charge in [-0.15, -0.1) is 0 Å². The summed E-state index contributed by atoms with van der Waals surface area (Å²) >= 11 is 7.34. The highest BCUT2D eigenvalue weighted by atomic mass is 35.5. The summed E-state index contributed by atoms with van der Waals surface area (Å²) < 4.78 is 0. The lowest BCUT2D eigenvalue weighted by molar-refractivity contribution is 1.12. The van der Waals surface area contributed by atoms with Crippen molar-refractivity contribution in [3.8, 4) is 0 Å². The molecule has 0 radical (unpaired) electrons. The molecule has 0 amide bonds. The van der Waals surface area contributed by atoms with E-state index >= 15 is 0 Å². The lowest BCUT2D eigenvalue weighted by atomic mass is 10.3. The van der Waals surface area contributed by atoms with E-state index in [0.717, 1.165) is 9.92 Å². The molecule has 5 heteroatoms. The van der Waals surface area contributed by atoms with Crippen molar-refractivity contribution in [1.29, 1.82) is 5.41 Å². The Balaban J connectivity index is 2.13. The largest absolute Gasteiger partial charge is 0.384 e. The van der Waals surface area contributed by atoms with E-state index < -0.39 is 0 Å². The van der Waals surface area contributed by atoms with Gasteiger partial charge in [0.05, 0.1) is 0 Å². The van der Waals surface area contributed by atoms with Gasteiger partial charge >= 0.3 is 0 Å². The van der Waals surface area contributed by atoms with Gasteiger partial charge in [0, 0.05) is 21.7 Å². The maximum Gasteiger partial charge on any atom is 0.124 e. The number of nitrogens with one attached hydrogen (secondary N) is 1. The third kappa shape index (κ3) is 3.22. The van der Waals surface area contributed by atoms with Crippen molar-refractivity contribution in [2.45, 2.75) is 9.92 Å². The average molecular weight is 264 g/mol. The molecule has 1 aromatic carbocycles. The molecular formula is C12H10ClN3S. The number of nitrogen functional groups attached to an aromatic ring is 1. The highest BCUT2D eigenvalue weighted by Gasteiger charge is 2.01. The first-order chi connectivity index (χ1) is 8.15. The van der Waals surface area contributed by atoms with Crippen molar-refractivity contribution >= 4 is 29.2 Å². The molecule has 0 saturated carbocycles. The number of nitrogens with zero attached hydrogens (tertiary/aromatic N) is 1. The summed E-state index contributed by atoms with van der Waals surface area (Å²) in [5.74, 6) is 0.0283. The van der Waals surface area contributed by atoms with Crippen LogP contribution in [0, 0.1) is 5.41 Å². The van der Waals surface area contributed by atoms with Crippen LogP contribution in [0.15, 0.2) is 52.5 Å². The van der Waals surface area contributed by atoms with Gasteiger partial charge in [-0.1, -0.05) is 23.4 Å². The van der Waals surface area contributed by atoms with Crippen LogP contribution in [-0.2, 0) is 0 Å². The summed E-state index contributed by atoms with van der Waals surface area (Å²) in [5.41, 5.74) is 5.98. The Hall–Kier alpha value is -1.52. The molecule has 0 atom stereocenters. The lowest BCUT2D eigenvalue weighted by Gasteiger charge is -2.02. The molecule has 0 aliphatic heterocycles. The lowest BCUT2D eigenvalue weighted by Crippen LogP contribution is -2.10. The number of hydrogen-bond acceptors (Lipinski definition) is 3. The van der Waals surface area contributed by atoms with Crippen LogP contribution in [0.4, 0.5) is 0 Å². The Morgan fingerprint density at radius 3 is 2.41 bits per heavy atom. The molecule has 0 saturated heterocycles. The van der Waals surface area contributed by atoms with Gasteiger partial charge in [-0.2, -0.15) is 0 Å². The normalized spacial score (nSPS) is 10.2. The molecule has 3 N–H and O–H groups in total. The molecule has 3 nitrogen and oxygen atoms in total. The van der Waals surface area contributed by atoms with Crippen molar-refractivity contribution < 1.29 is 0 Å². The van der Waals surface area contributed by atoms with Crippen molar-refractivity contribution in [1.82, 2.24) is 4.98 Å². The second-order valence-electron chi connectivity index (χ2n) is 3.35. The second kappa shape index (κ2) is 5.21. The summed E-state index contributed by atoms with van der Waals surface area (Å²) in [5, 5.41) is 8.84. The minimum absolute atomic E-state index is 0.0283. The third-order valence-electron chi connectivity index (χ3n) is 2.08. The van der Waals surface area contributed by atoms with Gasteiger partial charge < -0.3 is 5.73 Å². The molecule has 17 heavy (non-hydrogen) atoms. The minimum Gasteiger partial charge on any atom is -0.384 e. The van der Waals surface area contributed by atoms with Gasteiger partial charge in [0.15, 0.2) is 0 Å². The van der Waals surface area contributed by atoms with Crippen molar-refractivity contribution in [3.05, 3.63) is 53.2 Å². The van der Waals surface area contributed by atoms with E-state index in [1.807, 2.05) is 30.3 Å². The first-order valence-electron chi connectivity index (χ1n) is 4.89. The van der Waals surface area contributed by atoms with E-state index in [1.165, 1.54) is 11.8 Å². The summed E-state index contributed by atoms with van der Waals surface area (Å²) in [4.78, 5) is 5.29. The minimum atomic E-state index is 0.0283. The molecule has 0 spiro atoms. The Bertz CT molecular complexity index is 522. The molecule has 1 heterocycles. The number of hydrogen-bond donors (Lipinski definition) is 2. The van der Waals surface area contributed by atoms with E-state index in [4.69, 9.17) is 22.7 Å². The van der Waals surface area contributed by atoms with Crippen LogP contribution >= 0.6 is 23.4 Å². The molecule has 1 aromatic heterocycles. The van der Waals surface area contributed by atoms with E-state index in [9.17, 15) is 0 Å². The number of pyridine rings is 1. The molecule has 0 fully saturated rings. The summed E-state index contributed by atoms with van der Waals surface area (Å²) in [6.45, 7) is 0. The fraction of sp³-hybridized carbons (Fsp3) is 0. The molecule has 0 unspecified atom stereocenters. The van der Waals surface area contributed by atoms with Gasteiger partial charge in [0.2, 0.25) is 0 Å². The number of aromatic nitrogens is 1. The Morgan fingerprint density at radius 1 is 1.18 bits per heavy atom. The number of rotatable bonds is 3. The van der Waals surface area contributed by atoms with E-state index in [0.29, 0.717) is 10.6 Å². The second-order valence-corrected chi connectivity index (χ2v) is 4.89. The monoisotopic (exact) mass is 263 g/mol. The fourth-order valence-electron chi connectivity index (χ4n) is 1.22. The van der Waals surface area contributed by atoms with Gasteiger partial charge in [-0.05, 0) is 36.4 Å². The van der Waals surface area contributed by atoms with Crippen LogP contribution in [0.3, 0.4) is 0 Å². The first kappa shape index (κ1) is 12.0. The van der Waals surface area contributed by atoms with Gasteiger partial charge in [0.25, 0.3) is 0 Å². The zero-order chi connectivity index (χ0) is 12.3. The van der Waals surface area contributed by atoms with Crippen LogP contribution in [0.1, 0.15) is 5.56 Å². The molecule has 0 aliphatic rings. The van der Waals surface area contributed by atoms with Crippen LogP contribution in [0.2, 0.25) is 5.02 Å². The Labute approximate surface area is 109 Å². The van der Waals surface area contributed by atoms with E-state index in [1.54, 1.807) is 12.3 Å². The van der Waals surface area contributed by atoms with Crippen LogP contribution < -0.4 is 5.73 Å². The molecule has 0 aliphatic carbocycles. The van der Waals surface area contributed by atoms with Crippen LogP contribution in [-0.4, -0.2) is 10.8 Å². The summed E-state index contributed by atoms with van der Waals surface area (Å²) in [6.07, 6.45) is 1.60. The third-order valence-corrected chi connectivity index (χ3v) is 3.29. The zero-order valence-corrected chi connectivity index (χ0v) is 10.4. The van der Waals surface area contributed by atoms with Gasteiger partial charge in [-0.25, -0.2) is 4.98 Å². The van der Waals surface area contributed by atoms with Crippen molar-refractivity contribution in [3.63, 3.8) is 0 Å². The standard InChI is InChI=1S/C12H10ClN3S/c13-9-2-4-10(5-3-9)17-11-6-1-8(7-16-11)12(14)15/h1-7H,(H3,14,15). The highest BCUT2D eigenvalue weighted by molar-refractivity contribution is 7.99. The van der Waals surface area contributed by atoms with Crippen molar-refractivity contribution in [2.75, 3.05) is 0 Å². The van der Waals surface area contributed by atoms with Crippen LogP contribution in [0.5, 0.6) is 0 Å². The predicted molar refractivity (Wildman–Crippen MR) is 70.8 cm³/mol. The van der Waals surface area contributed by atoms with E-state index in [-0.39, 0.29) is 5.84 Å². The zero-order valence-electron chi connectivity index (χ0n) is 8.85. The topological polar surface area (TPSA) is 62.8 Å². The highest BCUT2D eigenvalue weighted by Crippen LogP contribution is 2.26. The molecule has 86 valence electrons. The average Bonchev–Trinajstić information content (AvgIpc) is 2.33. The summed E-state index contributed by atoms with van der Waals surface area (Å²) in [7, 11) is 0.